The normalized spacial score (nSPS) is 16.6. The average Bonchev–Trinajstić information content (AvgIpc) is 3.46. The Bertz CT molecular complexity index is 1680. The summed E-state index contributed by atoms with van der Waals surface area (Å²) >= 11 is 5.29. The summed E-state index contributed by atoms with van der Waals surface area (Å²) in [7, 11) is 1.62. The van der Waals surface area contributed by atoms with E-state index in [0.29, 0.717) is 45.0 Å². The molecule has 0 bridgehead atoms. The number of aryl methyl sites for hydroxylation is 1. The lowest BCUT2D eigenvalue weighted by Gasteiger charge is -2.30. The first-order chi connectivity index (χ1) is 21.9. The molecule has 2 heterocycles. The van der Waals surface area contributed by atoms with Crippen LogP contribution in [0.1, 0.15) is 67.3 Å². The van der Waals surface area contributed by atoms with Crippen LogP contribution < -0.4 is 14.8 Å². The molecule has 0 spiro atoms. The number of halogens is 1. The highest BCUT2D eigenvalue weighted by molar-refractivity contribution is 9.10. The Balaban J connectivity index is 1.34. The molecule has 1 aromatic heterocycles. The number of methoxy groups -OCH3 is 1. The zero-order chi connectivity index (χ0) is 31.3. The maximum atomic E-state index is 13.9. The second-order valence-electron chi connectivity index (χ2n) is 11.5. The monoisotopic (exact) mass is 688 g/mol. The van der Waals surface area contributed by atoms with Gasteiger partial charge in [0.2, 0.25) is 11.1 Å². The molecule has 1 aliphatic heterocycles. The van der Waals surface area contributed by atoms with Crippen LogP contribution in [0, 0.1) is 6.92 Å². The molecule has 1 unspecified atom stereocenters. The summed E-state index contributed by atoms with van der Waals surface area (Å²) in [5.41, 5.74) is 5.41. The van der Waals surface area contributed by atoms with Crippen LogP contribution in [0.25, 0.3) is 0 Å². The van der Waals surface area contributed by atoms with Crippen molar-refractivity contribution in [2.24, 2.45) is 0 Å². The molecule has 10 heteroatoms. The van der Waals surface area contributed by atoms with E-state index in [0.717, 1.165) is 42.6 Å². The van der Waals surface area contributed by atoms with Gasteiger partial charge in [-0.1, -0.05) is 78.3 Å². The van der Waals surface area contributed by atoms with E-state index in [4.69, 9.17) is 24.3 Å². The third-order valence-corrected chi connectivity index (χ3v) is 9.66. The number of benzene rings is 3. The number of ether oxygens (including phenoxy) is 3. The molecule has 1 fully saturated rings. The molecule has 1 saturated carbocycles. The highest BCUT2D eigenvalue weighted by atomic mass is 79.9. The topological polar surface area (TPSA) is 87.5 Å². The van der Waals surface area contributed by atoms with Gasteiger partial charge in [0.15, 0.2) is 11.5 Å². The number of nitrogens with zero attached hydrogens (tertiary/aromatic N) is 3. The molecule has 4 aromatic rings. The number of allylic oxidation sites excluding steroid dienone is 1. The fourth-order valence-electron chi connectivity index (χ4n) is 5.76. The lowest BCUT2D eigenvalue weighted by Crippen LogP contribution is -2.32. The first-order valence-corrected chi connectivity index (χ1v) is 17.0. The number of nitrogens with one attached hydrogen (secondary N) is 1. The van der Waals surface area contributed by atoms with Crippen LogP contribution in [-0.4, -0.2) is 33.9 Å². The van der Waals surface area contributed by atoms with Crippen molar-refractivity contribution in [3.63, 3.8) is 0 Å². The summed E-state index contributed by atoms with van der Waals surface area (Å²) in [4.78, 5) is 18.7. The van der Waals surface area contributed by atoms with E-state index in [1.165, 1.54) is 17.5 Å². The number of rotatable bonds is 10. The summed E-state index contributed by atoms with van der Waals surface area (Å²) in [6, 6.07) is 21.7. The zero-order valence-corrected chi connectivity index (χ0v) is 28.1. The van der Waals surface area contributed by atoms with E-state index in [1.807, 2.05) is 37.3 Å². The van der Waals surface area contributed by atoms with Crippen LogP contribution in [0.2, 0.25) is 0 Å². The first-order valence-electron chi connectivity index (χ1n) is 15.3. The van der Waals surface area contributed by atoms with E-state index in [9.17, 15) is 4.79 Å². The molecule has 0 amide bonds. The van der Waals surface area contributed by atoms with Crippen LogP contribution >= 0.6 is 27.7 Å². The van der Waals surface area contributed by atoms with Gasteiger partial charge in [0.25, 0.3) is 0 Å². The summed E-state index contributed by atoms with van der Waals surface area (Å²) in [6.45, 7) is 4.34. The van der Waals surface area contributed by atoms with E-state index >= 15 is 0 Å². The molecule has 6 rings (SSSR count). The van der Waals surface area contributed by atoms with Crippen molar-refractivity contribution in [3.8, 4) is 11.5 Å². The van der Waals surface area contributed by atoms with Gasteiger partial charge in [-0.25, -0.2) is 9.48 Å². The molecule has 2 aliphatic rings. The standard InChI is InChI=1S/C35H37BrN4O4S/c1-22-14-16-24(17-15-22)20-43-32-28(36)18-26(19-29(32)42-3)31-30(33(41)44-27-12-8-5-9-13-27)23(2)37-34-38-35(39-40(31)34)45-21-25-10-6-4-7-11-25/h4,6-7,10-11,14-19,27,31H,5,8-9,12-13,20-21H2,1-3H3,(H,37,38,39). The van der Waals surface area contributed by atoms with Crippen molar-refractivity contribution in [1.29, 1.82) is 0 Å². The SMILES string of the molecule is COc1cc(C2C(C(=O)OC3CCCCC3)=C(C)Nc3nc(SCc4ccccc4)nn32)cc(Br)c1OCc1ccc(C)cc1. The third kappa shape index (κ3) is 7.23. The van der Waals surface area contributed by atoms with Gasteiger partial charge in [0.05, 0.1) is 17.2 Å². The number of aromatic nitrogens is 3. The zero-order valence-electron chi connectivity index (χ0n) is 25.7. The first kappa shape index (κ1) is 31.2. The number of carbonyl (C=O) groups is 1. The molecule has 0 saturated heterocycles. The minimum atomic E-state index is -0.590. The van der Waals surface area contributed by atoms with E-state index in [1.54, 1.807) is 23.6 Å². The number of carbonyl (C=O) groups excluding carboxylic acids is 1. The summed E-state index contributed by atoms with van der Waals surface area (Å²) in [5, 5.41) is 8.85. The minimum Gasteiger partial charge on any atom is -0.493 e. The van der Waals surface area contributed by atoms with Crippen molar-refractivity contribution < 1.29 is 19.0 Å². The second kappa shape index (κ2) is 14.1. The molecule has 1 N–H and O–H groups in total. The van der Waals surface area contributed by atoms with Crippen molar-refractivity contribution in [1.82, 2.24) is 14.8 Å². The van der Waals surface area contributed by atoms with Gasteiger partial charge >= 0.3 is 5.97 Å². The molecular formula is C35H37BrN4O4S. The molecule has 1 aliphatic carbocycles. The Hall–Kier alpha value is -3.76. The number of hydrogen-bond donors (Lipinski definition) is 1. The molecule has 3 aromatic carbocycles. The molecule has 1 atom stereocenters. The van der Waals surface area contributed by atoms with Gasteiger partial charge in [-0.05, 0) is 84.3 Å². The smallest absolute Gasteiger partial charge is 0.338 e. The van der Waals surface area contributed by atoms with Gasteiger partial charge in [-0.15, -0.1) is 5.10 Å². The maximum absolute atomic E-state index is 13.9. The van der Waals surface area contributed by atoms with Crippen LogP contribution in [0.15, 0.2) is 87.6 Å². The highest BCUT2D eigenvalue weighted by Gasteiger charge is 2.37. The number of thioether (sulfide) groups is 1. The van der Waals surface area contributed by atoms with Gasteiger partial charge < -0.3 is 19.5 Å². The predicted molar refractivity (Wildman–Crippen MR) is 180 cm³/mol. The Labute approximate surface area is 276 Å². The average molecular weight is 690 g/mol. The van der Waals surface area contributed by atoms with Crippen LogP contribution in [0.3, 0.4) is 0 Å². The van der Waals surface area contributed by atoms with Gasteiger partial charge in [0.1, 0.15) is 18.8 Å². The van der Waals surface area contributed by atoms with Crippen molar-refractivity contribution in [3.05, 3.63) is 105 Å². The van der Waals surface area contributed by atoms with Crippen LogP contribution in [0.4, 0.5) is 5.95 Å². The molecule has 234 valence electrons. The number of esters is 1. The second-order valence-corrected chi connectivity index (χ2v) is 13.3. The van der Waals surface area contributed by atoms with Gasteiger partial charge in [-0.3, -0.25) is 0 Å². The number of hydrogen-bond acceptors (Lipinski definition) is 8. The Morgan fingerprint density at radius 1 is 1.02 bits per heavy atom. The van der Waals surface area contributed by atoms with E-state index < -0.39 is 6.04 Å². The lowest BCUT2D eigenvalue weighted by atomic mass is 9.94. The van der Waals surface area contributed by atoms with Gasteiger partial charge in [-0.2, -0.15) is 4.98 Å². The summed E-state index contributed by atoms with van der Waals surface area (Å²) in [5.74, 6) is 2.08. The Morgan fingerprint density at radius 2 is 1.78 bits per heavy atom. The largest absolute Gasteiger partial charge is 0.493 e. The van der Waals surface area contributed by atoms with Crippen LogP contribution in [0.5, 0.6) is 11.5 Å². The van der Waals surface area contributed by atoms with Crippen molar-refractivity contribution in [2.45, 2.75) is 75.6 Å². The quantitative estimate of drug-likeness (QED) is 0.131. The van der Waals surface area contributed by atoms with Crippen molar-refractivity contribution >= 4 is 39.6 Å². The summed E-state index contributed by atoms with van der Waals surface area (Å²) < 4.78 is 20.7. The van der Waals surface area contributed by atoms with E-state index in [2.05, 4.69) is 64.6 Å². The number of fused-ring (bicyclic) bond motifs is 1. The highest BCUT2D eigenvalue weighted by Crippen LogP contribution is 2.44. The fraction of sp³-hybridized carbons (Fsp3) is 0.343. The van der Waals surface area contributed by atoms with Gasteiger partial charge in [0, 0.05) is 11.4 Å². The summed E-state index contributed by atoms with van der Waals surface area (Å²) in [6.07, 6.45) is 5.01. The predicted octanol–water partition coefficient (Wildman–Crippen LogP) is 8.39. The fourth-order valence-corrected chi connectivity index (χ4v) is 7.12. The van der Waals surface area contributed by atoms with E-state index in [-0.39, 0.29) is 12.1 Å². The third-order valence-electron chi connectivity index (χ3n) is 8.16. The van der Waals surface area contributed by atoms with Crippen LogP contribution in [-0.2, 0) is 21.9 Å². The molecule has 45 heavy (non-hydrogen) atoms. The maximum Gasteiger partial charge on any atom is 0.338 e. The minimum absolute atomic E-state index is 0.0832. The Kier molecular flexibility index (Phi) is 9.80. The lowest BCUT2D eigenvalue weighted by molar-refractivity contribution is -0.146. The Morgan fingerprint density at radius 3 is 2.51 bits per heavy atom. The molecule has 0 radical (unpaired) electrons. The number of anilines is 1. The molecular weight excluding hydrogens is 652 g/mol. The molecule has 8 nitrogen and oxygen atoms in total. The van der Waals surface area contributed by atoms with Crippen molar-refractivity contribution in [2.75, 3.05) is 12.4 Å².